The molecular weight excluding hydrogens is 416 g/mol. The van der Waals surface area contributed by atoms with Gasteiger partial charge in [0.25, 0.3) is 15.9 Å². The average molecular weight is 441 g/mol. The van der Waals surface area contributed by atoms with Gasteiger partial charge in [0.2, 0.25) is 0 Å². The van der Waals surface area contributed by atoms with Crippen LogP contribution in [0.3, 0.4) is 0 Å². The average Bonchev–Trinajstić information content (AvgIpc) is 2.75. The highest BCUT2D eigenvalue weighted by molar-refractivity contribution is 7.92. The summed E-state index contributed by atoms with van der Waals surface area (Å²) in [5, 5.41) is 2.71. The van der Waals surface area contributed by atoms with Gasteiger partial charge in [-0.05, 0) is 79.6 Å². The maximum absolute atomic E-state index is 12.7. The van der Waals surface area contributed by atoms with E-state index in [9.17, 15) is 13.2 Å². The molecule has 0 atom stereocenters. The minimum atomic E-state index is -3.74. The van der Waals surface area contributed by atoms with E-state index in [2.05, 4.69) is 10.0 Å². The largest absolute Gasteiger partial charge is 0.497 e. The van der Waals surface area contributed by atoms with Crippen molar-refractivity contribution in [3.63, 3.8) is 0 Å². The molecule has 0 spiro atoms. The third kappa shape index (κ3) is 5.99. The number of sulfonamides is 1. The van der Waals surface area contributed by atoms with Gasteiger partial charge in [-0.25, -0.2) is 8.42 Å². The zero-order chi connectivity index (χ0) is 22.4. The molecule has 31 heavy (non-hydrogen) atoms. The number of aryl methyl sites for hydroxylation is 2. The van der Waals surface area contributed by atoms with E-state index in [0.717, 1.165) is 11.1 Å². The molecule has 0 heterocycles. The van der Waals surface area contributed by atoms with Gasteiger partial charge in [-0.3, -0.25) is 9.52 Å². The summed E-state index contributed by atoms with van der Waals surface area (Å²) < 4.78 is 38.5. The van der Waals surface area contributed by atoms with E-state index in [0.29, 0.717) is 22.9 Å². The quantitative estimate of drug-likeness (QED) is 0.549. The number of carbonyl (C=O) groups is 1. The van der Waals surface area contributed by atoms with Crippen LogP contribution in [-0.4, -0.2) is 28.0 Å². The molecule has 1 amide bonds. The van der Waals surface area contributed by atoms with Crippen LogP contribution in [0.5, 0.6) is 11.5 Å². The zero-order valence-electron chi connectivity index (χ0n) is 17.5. The number of rotatable bonds is 8. The Hall–Kier alpha value is -3.52. The number of ether oxygens (including phenoxy) is 2. The number of anilines is 2. The van der Waals surface area contributed by atoms with Gasteiger partial charge in [0.1, 0.15) is 11.5 Å². The van der Waals surface area contributed by atoms with E-state index in [1.165, 1.54) is 24.3 Å². The summed E-state index contributed by atoms with van der Waals surface area (Å²) in [5.74, 6) is 0.741. The van der Waals surface area contributed by atoms with Crippen molar-refractivity contribution in [1.82, 2.24) is 0 Å². The Balaban J connectivity index is 1.58. The Morgan fingerprint density at radius 3 is 2.19 bits per heavy atom. The molecule has 0 aliphatic rings. The summed E-state index contributed by atoms with van der Waals surface area (Å²) in [7, 11) is -2.18. The summed E-state index contributed by atoms with van der Waals surface area (Å²) in [4.78, 5) is 12.2. The first kappa shape index (κ1) is 22.2. The van der Waals surface area contributed by atoms with E-state index < -0.39 is 10.0 Å². The fraction of sp³-hybridized carbons (Fsp3) is 0.174. The van der Waals surface area contributed by atoms with Gasteiger partial charge in [-0.2, -0.15) is 0 Å². The van der Waals surface area contributed by atoms with Gasteiger partial charge in [-0.15, -0.1) is 0 Å². The van der Waals surface area contributed by atoms with Crippen molar-refractivity contribution in [3.05, 3.63) is 77.9 Å². The minimum absolute atomic E-state index is 0.100. The molecule has 0 fully saturated rings. The van der Waals surface area contributed by atoms with Crippen molar-refractivity contribution in [3.8, 4) is 11.5 Å². The van der Waals surface area contributed by atoms with Gasteiger partial charge in [0.05, 0.1) is 17.7 Å². The van der Waals surface area contributed by atoms with Crippen molar-refractivity contribution in [2.45, 2.75) is 18.7 Å². The molecule has 0 aromatic heterocycles. The van der Waals surface area contributed by atoms with Crippen LogP contribution in [0.15, 0.2) is 71.6 Å². The molecule has 162 valence electrons. The SMILES string of the molecule is COc1ccc(NC(=O)COc2ccc(S(=O)(=O)Nc3cc(C)ccc3C)cc2)cc1. The lowest BCUT2D eigenvalue weighted by Crippen LogP contribution is -2.20. The van der Waals surface area contributed by atoms with Crippen molar-refractivity contribution in [2.75, 3.05) is 23.8 Å². The first-order valence-electron chi connectivity index (χ1n) is 9.54. The number of hydrogen-bond acceptors (Lipinski definition) is 5. The summed E-state index contributed by atoms with van der Waals surface area (Å²) in [6, 6.07) is 18.4. The highest BCUT2D eigenvalue weighted by atomic mass is 32.2. The summed E-state index contributed by atoms with van der Waals surface area (Å²) in [6.07, 6.45) is 0. The van der Waals surface area contributed by atoms with Gasteiger partial charge in [0.15, 0.2) is 6.61 Å². The molecule has 0 radical (unpaired) electrons. The number of benzene rings is 3. The highest BCUT2D eigenvalue weighted by Gasteiger charge is 2.15. The second-order valence-electron chi connectivity index (χ2n) is 6.96. The predicted molar refractivity (Wildman–Crippen MR) is 120 cm³/mol. The fourth-order valence-electron chi connectivity index (χ4n) is 2.78. The second kappa shape index (κ2) is 9.53. The topological polar surface area (TPSA) is 93.7 Å². The third-order valence-electron chi connectivity index (χ3n) is 4.52. The molecule has 2 N–H and O–H groups in total. The van der Waals surface area contributed by atoms with Crippen molar-refractivity contribution >= 4 is 27.3 Å². The van der Waals surface area contributed by atoms with Crippen molar-refractivity contribution in [1.29, 1.82) is 0 Å². The van der Waals surface area contributed by atoms with E-state index in [-0.39, 0.29) is 17.4 Å². The molecule has 8 heteroatoms. The smallest absolute Gasteiger partial charge is 0.262 e. The van der Waals surface area contributed by atoms with E-state index in [1.807, 2.05) is 26.0 Å². The van der Waals surface area contributed by atoms with E-state index in [4.69, 9.17) is 9.47 Å². The normalized spacial score (nSPS) is 10.9. The van der Waals surface area contributed by atoms with Crippen molar-refractivity contribution < 1.29 is 22.7 Å². The van der Waals surface area contributed by atoms with Gasteiger partial charge >= 0.3 is 0 Å². The summed E-state index contributed by atoms with van der Waals surface area (Å²) >= 11 is 0. The molecule has 7 nitrogen and oxygen atoms in total. The number of methoxy groups -OCH3 is 1. The Labute approximate surface area is 182 Å². The standard InChI is InChI=1S/C23H24N2O5S/c1-16-4-5-17(2)22(14-16)25-31(27,28)21-12-10-20(11-13-21)30-15-23(26)24-18-6-8-19(29-3)9-7-18/h4-14,25H,15H2,1-3H3,(H,24,26). The molecule has 0 aliphatic heterocycles. The maximum Gasteiger partial charge on any atom is 0.262 e. The van der Waals surface area contributed by atoms with Crippen LogP contribution in [0.4, 0.5) is 11.4 Å². The van der Waals surface area contributed by atoms with Crippen LogP contribution >= 0.6 is 0 Å². The summed E-state index contributed by atoms with van der Waals surface area (Å²) in [6.45, 7) is 3.53. The first-order chi connectivity index (χ1) is 14.8. The van der Waals surface area contributed by atoms with Crippen molar-refractivity contribution in [2.24, 2.45) is 0 Å². The Kier molecular flexibility index (Phi) is 6.81. The molecular formula is C23H24N2O5S. The summed E-state index contributed by atoms with van der Waals surface area (Å²) in [5.41, 5.74) is 2.95. The molecule has 3 aromatic rings. The second-order valence-corrected chi connectivity index (χ2v) is 8.64. The molecule has 0 saturated carbocycles. The molecule has 0 saturated heterocycles. The van der Waals surface area contributed by atoms with Gasteiger partial charge < -0.3 is 14.8 Å². The highest BCUT2D eigenvalue weighted by Crippen LogP contribution is 2.22. The lowest BCUT2D eigenvalue weighted by atomic mass is 10.1. The predicted octanol–water partition coefficient (Wildman–Crippen LogP) is 4.13. The molecule has 0 unspecified atom stereocenters. The molecule has 0 aliphatic carbocycles. The van der Waals surface area contributed by atoms with E-state index >= 15 is 0 Å². The monoisotopic (exact) mass is 440 g/mol. The number of carbonyl (C=O) groups excluding carboxylic acids is 1. The van der Waals surface area contributed by atoms with Gasteiger partial charge in [-0.1, -0.05) is 12.1 Å². The maximum atomic E-state index is 12.7. The molecule has 3 rings (SSSR count). The Morgan fingerprint density at radius 2 is 1.55 bits per heavy atom. The first-order valence-corrected chi connectivity index (χ1v) is 11.0. The lowest BCUT2D eigenvalue weighted by molar-refractivity contribution is -0.118. The van der Waals surface area contributed by atoms with Crippen LogP contribution < -0.4 is 19.5 Å². The van der Waals surface area contributed by atoms with Crippen LogP contribution in [-0.2, 0) is 14.8 Å². The Bertz CT molecular complexity index is 1160. The number of nitrogens with one attached hydrogen (secondary N) is 2. The van der Waals surface area contributed by atoms with Crippen LogP contribution in [0.2, 0.25) is 0 Å². The molecule has 0 bridgehead atoms. The minimum Gasteiger partial charge on any atom is -0.497 e. The number of hydrogen-bond donors (Lipinski definition) is 2. The van der Waals surface area contributed by atoms with Crippen LogP contribution in [0, 0.1) is 13.8 Å². The van der Waals surface area contributed by atoms with E-state index in [1.54, 1.807) is 37.4 Å². The zero-order valence-corrected chi connectivity index (χ0v) is 18.3. The fourth-order valence-corrected chi connectivity index (χ4v) is 3.91. The lowest BCUT2D eigenvalue weighted by Gasteiger charge is -2.12. The third-order valence-corrected chi connectivity index (χ3v) is 5.90. The molecule has 3 aromatic carbocycles. The van der Waals surface area contributed by atoms with Gasteiger partial charge in [0, 0.05) is 5.69 Å². The number of amides is 1. The Morgan fingerprint density at radius 1 is 0.903 bits per heavy atom. The van der Waals surface area contributed by atoms with Crippen LogP contribution in [0.25, 0.3) is 0 Å². The van der Waals surface area contributed by atoms with Crippen LogP contribution in [0.1, 0.15) is 11.1 Å².